The highest BCUT2D eigenvalue weighted by atomic mass is 16.5. The average molecular weight is 430 g/mol. The Hall–Kier alpha value is -3.80. The molecular weight excluding hydrogens is 402 g/mol. The van der Waals surface area contributed by atoms with E-state index in [0.717, 1.165) is 29.8 Å². The number of hydrogen-bond acceptors (Lipinski definition) is 3. The second-order valence-corrected chi connectivity index (χ2v) is 7.87. The predicted octanol–water partition coefficient (Wildman–Crippen LogP) is 5.15. The molecular formula is C26H27N3O3. The van der Waals surface area contributed by atoms with Gasteiger partial charge in [-0.3, -0.25) is 4.79 Å². The molecule has 1 saturated heterocycles. The normalized spacial score (nSPS) is 15.6. The number of anilines is 2. The van der Waals surface area contributed by atoms with Gasteiger partial charge in [0.15, 0.2) is 0 Å². The Balaban J connectivity index is 1.28. The molecule has 4 rings (SSSR count). The van der Waals surface area contributed by atoms with Crippen molar-refractivity contribution in [2.45, 2.75) is 19.4 Å². The van der Waals surface area contributed by atoms with Crippen molar-refractivity contribution in [2.75, 3.05) is 23.7 Å². The molecule has 1 fully saturated rings. The second kappa shape index (κ2) is 10.5. The fourth-order valence-corrected chi connectivity index (χ4v) is 3.72. The highest BCUT2D eigenvalue weighted by molar-refractivity contribution is 5.94. The van der Waals surface area contributed by atoms with Gasteiger partial charge >= 0.3 is 6.03 Å². The van der Waals surface area contributed by atoms with Crippen molar-refractivity contribution in [3.05, 3.63) is 90.5 Å². The third kappa shape index (κ3) is 5.88. The van der Waals surface area contributed by atoms with Crippen LogP contribution in [-0.2, 0) is 11.4 Å². The molecule has 6 heteroatoms. The van der Waals surface area contributed by atoms with E-state index in [2.05, 4.69) is 10.6 Å². The summed E-state index contributed by atoms with van der Waals surface area (Å²) in [6.45, 7) is 1.55. The second-order valence-electron chi connectivity index (χ2n) is 7.87. The molecule has 0 bridgehead atoms. The number of ether oxygens (including phenoxy) is 1. The topological polar surface area (TPSA) is 70.7 Å². The highest BCUT2D eigenvalue weighted by Gasteiger charge is 2.28. The summed E-state index contributed by atoms with van der Waals surface area (Å²) in [6, 6.07) is 26.5. The quantitative estimate of drug-likeness (QED) is 0.569. The van der Waals surface area contributed by atoms with Gasteiger partial charge in [-0.25, -0.2) is 4.79 Å². The van der Waals surface area contributed by atoms with Gasteiger partial charge in [-0.1, -0.05) is 48.5 Å². The minimum absolute atomic E-state index is 0.0693. The lowest BCUT2D eigenvalue weighted by atomic mass is 9.97. The molecule has 0 aromatic heterocycles. The number of rotatable bonds is 6. The Labute approximate surface area is 188 Å². The highest BCUT2D eigenvalue weighted by Crippen LogP contribution is 2.22. The zero-order chi connectivity index (χ0) is 22.2. The molecule has 1 heterocycles. The van der Waals surface area contributed by atoms with Crippen LogP contribution in [0, 0.1) is 5.92 Å². The SMILES string of the molecule is O=C(Nc1ccc(OCc2ccccc2)cc1)C1CCCN(C(=O)Nc2ccccc2)C1. The summed E-state index contributed by atoms with van der Waals surface area (Å²) in [5.41, 5.74) is 2.56. The number of benzene rings is 3. The number of hydrogen-bond donors (Lipinski definition) is 2. The van der Waals surface area contributed by atoms with Crippen LogP contribution in [0.5, 0.6) is 5.75 Å². The fourth-order valence-electron chi connectivity index (χ4n) is 3.72. The van der Waals surface area contributed by atoms with E-state index in [1.165, 1.54) is 0 Å². The number of nitrogens with zero attached hydrogens (tertiary/aromatic N) is 1. The van der Waals surface area contributed by atoms with Crippen LogP contribution in [0.1, 0.15) is 18.4 Å². The Morgan fingerprint density at radius 1 is 0.844 bits per heavy atom. The summed E-state index contributed by atoms with van der Waals surface area (Å²) >= 11 is 0. The lowest BCUT2D eigenvalue weighted by Crippen LogP contribution is -2.45. The van der Waals surface area contributed by atoms with Gasteiger partial charge in [0, 0.05) is 24.5 Å². The maximum atomic E-state index is 12.8. The number of carbonyl (C=O) groups is 2. The van der Waals surface area contributed by atoms with Crippen LogP contribution >= 0.6 is 0 Å². The number of para-hydroxylation sites is 1. The summed E-state index contributed by atoms with van der Waals surface area (Å²) in [4.78, 5) is 27.1. The fraction of sp³-hybridized carbons (Fsp3) is 0.231. The summed E-state index contributed by atoms with van der Waals surface area (Å²) < 4.78 is 5.79. The van der Waals surface area contributed by atoms with Crippen LogP contribution in [0.15, 0.2) is 84.9 Å². The number of carbonyl (C=O) groups excluding carboxylic acids is 2. The van der Waals surface area contributed by atoms with Crippen molar-refractivity contribution >= 4 is 23.3 Å². The number of nitrogens with one attached hydrogen (secondary N) is 2. The van der Waals surface area contributed by atoms with Crippen LogP contribution in [0.2, 0.25) is 0 Å². The molecule has 0 radical (unpaired) electrons. The molecule has 6 nitrogen and oxygen atoms in total. The Kier molecular flexibility index (Phi) is 7.02. The molecule has 164 valence electrons. The van der Waals surface area contributed by atoms with Gasteiger partial charge in [0.2, 0.25) is 5.91 Å². The van der Waals surface area contributed by atoms with E-state index in [4.69, 9.17) is 4.74 Å². The Bertz CT molecular complexity index is 1020. The molecule has 32 heavy (non-hydrogen) atoms. The van der Waals surface area contributed by atoms with E-state index in [1.54, 1.807) is 4.90 Å². The van der Waals surface area contributed by atoms with E-state index in [0.29, 0.717) is 25.4 Å². The number of likely N-dealkylation sites (tertiary alicyclic amines) is 1. The Morgan fingerprint density at radius 3 is 2.22 bits per heavy atom. The molecule has 1 aliphatic heterocycles. The minimum Gasteiger partial charge on any atom is -0.489 e. The maximum absolute atomic E-state index is 12.8. The van der Waals surface area contributed by atoms with E-state index >= 15 is 0 Å². The van der Waals surface area contributed by atoms with E-state index in [-0.39, 0.29) is 17.9 Å². The van der Waals surface area contributed by atoms with Gasteiger partial charge in [0.05, 0.1) is 5.92 Å². The van der Waals surface area contributed by atoms with Crippen LogP contribution in [0.25, 0.3) is 0 Å². The first-order valence-corrected chi connectivity index (χ1v) is 10.9. The number of amides is 3. The van der Waals surface area contributed by atoms with Crippen LogP contribution < -0.4 is 15.4 Å². The molecule has 2 N–H and O–H groups in total. The van der Waals surface area contributed by atoms with Gasteiger partial charge in [-0.05, 0) is 54.8 Å². The predicted molar refractivity (Wildman–Crippen MR) is 126 cm³/mol. The molecule has 0 aliphatic carbocycles. The summed E-state index contributed by atoms with van der Waals surface area (Å²) in [6.07, 6.45) is 1.56. The van der Waals surface area contributed by atoms with Crippen LogP contribution in [0.4, 0.5) is 16.2 Å². The van der Waals surface area contributed by atoms with Gasteiger partial charge in [0.25, 0.3) is 0 Å². The molecule has 0 saturated carbocycles. The first-order chi connectivity index (χ1) is 15.7. The van der Waals surface area contributed by atoms with E-state index in [1.807, 2.05) is 84.9 Å². The Morgan fingerprint density at radius 2 is 1.50 bits per heavy atom. The average Bonchev–Trinajstić information content (AvgIpc) is 2.85. The zero-order valence-electron chi connectivity index (χ0n) is 17.9. The van der Waals surface area contributed by atoms with Crippen molar-refractivity contribution < 1.29 is 14.3 Å². The zero-order valence-corrected chi connectivity index (χ0v) is 17.9. The standard InChI is InChI=1S/C26H27N3O3/c30-25(21-10-7-17-29(18-21)26(31)28-22-11-5-2-6-12-22)27-23-13-15-24(16-14-23)32-19-20-8-3-1-4-9-20/h1-6,8-9,11-16,21H,7,10,17-19H2,(H,27,30)(H,28,31). The van der Waals surface area contributed by atoms with Crippen LogP contribution in [-0.4, -0.2) is 29.9 Å². The largest absolute Gasteiger partial charge is 0.489 e. The first-order valence-electron chi connectivity index (χ1n) is 10.9. The third-order valence-electron chi connectivity index (χ3n) is 5.47. The molecule has 3 aromatic rings. The molecule has 3 amide bonds. The van der Waals surface area contributed by atoms with Gasteiger partial charge < -0.3 is 20.3 Å². The van der Waals surface area contributed by atoms with Gasteiger partial charge in [-0.2, -0.15) is 0 Å². The smallest absolute Gasteiger partial charge is 0.321 e. The molecule has 3 aromatic carbocycles. The van der Waals surface area contributed by atoms with Gasteiger partial charge in [0.1, 0.15) is 12.4 Å². The first kappa shape index (κ1) is 21.4. The third-order valence-corrected chi connectivity index (χ3v) is 5.47. The monoisotopic (exact) mass is 429 g/mol. The van der Waals surface area contributed by atoms with Crippen LogP contribution in [0.3, 0.4) is 0 Å². The van der Waals surface area contributed by atoms with Crippen molar-refractivity contribution in [3.63, 3.8) is 0 Å². The molecule has 1 unspecified atom stereocenters. The molecule has 0 spiro atoms. The van der Waals surface area contributed by atoms with Gasteiger partial charge in [-0.15, -0.1) is 0 Å². The lowest BCUT2D eigenvalue weighted by Gasteiger charge is -2.32. The lowest BCUT2D eigenvalue weighted by molar-refractivity contribution is -0.121. The maximum Gasteiger partial charge on any atom is 0.321 e. The summed E-state index contributed by atoms with van der Waals surface area (Å²) in [7, 11) is 0. The summed E-state index contributed by atoms with van der Waals surface area (Å²) in [5, 5.41) is 5.86. The van der Waals surface area contributed by atoms with E-state index in [9.17, 15) is 9.59 Å². The van der Waals surface area contributed by atoms with E-state index < -0.39 is 0 Å². The molecule has 1 atom stereocenters. The van der Waals surface area contributed by atoms with Crippen molar-refractivity contribution in [1.82, 2.24) is 4.90 Å². The van der Waals surface area contributed by atoms with Crippen molar-refractivity contribution in [2.24, 2.45) is 5.92 Å². The minimum atomic E-state index is -0.237. The number of urea groups is 1. The number of piperidine rings is 1. The molecule has 1 aliphatic rings. The summed E-state index contributed by atoms with van der Waals surface area (Å²) in [5.74, 6) is 0.438. The van der Waals surface area contributed by atoms with Crippen molar-refractivity contribution in [1.29, 1.82) is 0 Å². The van der Waals surface area contributed by atoms with Crippen molar-refractivity contribution in [3.8, 4) is 5.75 Å².